The molecule has 0 spiro atoms. The van der Waals surface area contributed by atoms with Crippen LogP contribution >= 0.6 is 11.6 Å². The Kier molecular flexibility index (Phi) is 7.04. The number of carbonyl (C=O) groups is 1. The summed E-state index contributed by atoms with van der Waals surface area (Å²) in [6, 6.07) is 15.3. The second-order valence-electron chi connectivity index (χ2n) is 7.90. The van der Waals surface area contributed by atoms with E-state index in [9.17, 15) is 4.79 Å². The molecular weight excluding hydrogens is 388 g/mol. The molecule has 2 aromatic rings. The third kappa shape index (κ3) is 5.87. The Morgan fingerprint density at radius 1 is 1.14 bits per heavy atom. The number of para-hydroxylation sites is 1. The minimum Gasteiger partial charge on any atom is -0.496 e. The maximum Gasteiger partial charge on any atom is 0.263 e. The van der Waals surface area contributed by atoms with Crippen molar-refractivity contribution in [2.24, 2.45) is 0 Å². The minimum atomic E-state index is -0.956. The van der Waals surface area contributed by atoms with E-state index < -0.39 is 5.60 Å². The normalized spacial score (nSPS) is 15.7. The van der Waals surface area contributed by atoms with Gasteiger partial charge in [0.05, 0.1) is 7.11 Å². The topological polar surface area (TPSA) is 50.8 Å². The van der Waals surface area contributed by atoms with Crippen LogP contribution in [0.5, 0.6) is 11.5 Å². The lowest BCUT2D eigenvalue weighted by atomic mass is 10.0. The van der Waals surface area contributed by atoms with Crippen LogP contribution < -0.4 is 14.8 Å². The first kappa shape index (κ1) is 21.5. The highest BCUT2D eigenvalue weighted by molar-refractivity contribution is 6.30. The number of benzene rings is 2. The molecule has 0 bridgehead atoms. The Labute approximate surface area is 177 Å². The van der Waals surface area contributed by atoms with Gasteiger partial charge in [0.1, 0.15) is 11.5 Å². The second kappa shape index (κ2) is 9.51. The lowest BCUT2D eigenvalue weighted by Gasteiger charge is -2.34. The van der Waals surface area contributed by atoms with E-state index in [0.29, 0.717) is 10.8 Å². The average Bonchev–Trinajstić information content (AvgIpc) is 2.71. The number of halogens is 1. The highest BCUT2D eigenvalue weighted by Gasteiger charge is 2.32. The molecule has 0 aromatic heterocycles. The number of likely N-dealkylation sites (tertiary alicyclic amines) is 1. The van der Waals surface area contributed by atoms with Crippen molar-refractivity contribution in [1.82, 2.24) is 10.2 Å². The maximum absolute atomic E-state index is 12.8. The highest BCUT2D eigenvalue weighted by atomic mass is 35.5. The van der Waals surface area contributed by atoms with E-state index in [2.05, 4.69) is 16.3 Å². The third-order valence-corrected chi connectivity index (χ3v) is 5.49. The monoisotopic (exact) mass is 416 g/mol. The van der Waals surface area contributed by atoms with Crippen molar-refractivity contribution in [3.8, 4) is 11.5 Å². The number of hydrogen-bond donors (Lipinski definition) is 1. The number of piperidine rings is 1. The molecule has 0 unspecified atom stereocenters. The molecule has 1 saturated heterocycles. The zero-order valence-corrected chi connectivity index (χ0v) is 18.0. The van der Waals surface area contributed by atoms with Gasteiger partial charge in [-0.25, -0.2) is 0 Å². The molecule has 0 atom stereocenters. The number of nitrogens with one attached hydrogen (secondary N) is 1. The van der Waals surface area contributed by atoms with Crippen molar-refractivity contribution < 1.29 is 14.3 Å². The summed E-state index contributed by atoms with van der Waals surface area (Å²) in [6.45, 7) is 6.29. The zero-order chi connectivity index (χ0) is 20.9. The molecule has 2 aromatic carbocycles. The van der Waals surface area contributed by atoms with Gasteiger partial charge in [-0.15, -0.1) is 0 Å². The highest BCUT2D eigenvalue weighted by Crippen LogP contribution is 2.23. The number of hydrogen-bond acceptors (Lipinski definition) is 4. The first-order chi connectivity index (χ1) is 13.9. The summed E-state index contributed by atoms with van der Waals surface area (Å²) in [4.78, 5) is 15.2. The molecule has 29 heavy (non-hydrogen) atoms. The number of rotatable bonds is 7. The number of carbonyl (C=O) groups excluding carboxylic acids is 1. The van der Waals surface area contributed by atoms with Gasteiger partial charge in [0, 0.05) is 36.3 Å². The van der Waals surface area contributed by atoms with E-state index in [1.807, 2.05) is 18.2 Å². The predicted molar refractivity (Wildman–Crippen MR) is 116 cm³/mol. The van der Waals surface area contributed by atoms with Gasteiger partial charge >= 0.3 is 0 Å². The van der Waals surface area contributed by atoms with Crippen LogP contribution in [-0.2, 0) is 11.3 Å². The van der Waals surface area contributed by atoms with Crippen LogP contribution in [0.15, 0.2) is 48.5 Å². The van der Waals surface area contributed by atoms with Gasteiger partial charge in [-0.2, -0.15) is 0 Å². The first-order valence-corrected chi connectivity index (χ1v) is 10.3. The van der Waals surface area contributed by atoms with E-state index in [1.165, 1.54) is 5.56 Å². The van der Waals surface area contributed by atoms with Gasteiger partial charge in [-0.05, 0) is 57.0 Å². The van der Waals surface area contributed by atoms with Crippen LogP contribution in [0, 0.1) is 0 Å². The SMILES string of the molecule is COc1ccccc1CN1CCC(NC(=O)C(C)(C)Oc2ccc(Cl)cc2)CC1. The molecule has 156 valence electrons. The van der Waals surface area contributed by atoms with Gasteiger partial charge < -0.3 is 14.8 Å². The quantitative estimate of drug-likeness (QED) is 0.731. The molecule has 0 radical (unpaired) electrons. The number of nitrogens with zero attached hydrogens (tertiary/aromatic N) is 1. The summed E-state index contributed by atoms with van der Waals surface area (Å²) in [5.74, 6) is 1.45. The van der Waals surface area contributed by atoms with Crippen LogP contribution in [-0.4, -0.2) is 42.6 Å². The molecule has 1 fully saturated rings. The van der Waals surface area contributed by atoms with Crippen LogP contribution in [0.1, 0.15) is 32.3 Å². The number of amides is 1. The van der Waals surface area contributed by atoms with Crippen molar-refractivity contribution in [2.75, 3.05) is 20.2 Å². The molecule has 0 saturated carbocycles. The van der Waals surface area contributed by atoms with Crippen molar-refractivity contribution in [3.63, 3.8) is 0 Å². The Bertz CT molecular complexity index is 815. The molecule has 1 heterocycles. The smallest absolute Gasteiger partial charge is 0.263 e. The minimum absolute atomic E-state index is 0.101. The van der Waals surface area contributed by atoms with Crippen molar-refractivity contribution in [1.29, 1.82) is 0 Å². The molecule has 1 aliphatic heterocycles. The Morgan fingerprint density at radius 3 is 2.45 bits per heavy atom. The molecule has 3 rings (SSSR count). The first-order valence-electron chi connectivity index (χ1n) is 9.97. The van der Waals surface area contributed by atoms with Crippen LogP contribution in [0.4, 0.5) is 0 Å². The predicted octanol–water partition coefficient (Wildman–Crippen LogP) is 4.29. The van der Waals surface area contributed by atoms with E-state index in [-0.39, 0.29) is 11.9 Å². The van der Waals surface area contributed by atoms with Gasteiger partial charge in [0.2, 0.25) is 0 Å². The summed E-state index contributed by atoms with van der Waals surface area (Å²) in [5, 5.41) is 3.79. The van der Waals surface area contributed by atoms with Gasteiger partial charge in [0.15, 0.2) is 5.60 Å². The summed E-state index contributed by atoms with van der Waals surface area (Å²) >= 11 is 5.91. The van der Waals surface area contributed by atoms with Crippen LogP contribution in [0.3, 0.4) is 0 Å². The largest absolute Gasteiger partial charge is 0.496 e. The fraction of sp³-hybridized carbons (Fsp3) is 0.435. The zero-order valence-electron chi connectivity index (χ0n) is 17.3. The van der Waals surface area contributed by atoms with Gasteiger partial charge in [0.25, 0.3) is 5.91 Å². The van der Waals surface area contributed by atoms with Gasteiger partial charge in [-0.1, -0.05) is 29.8 Å². The molecule has 0 aliphatic carbocycles. The van der Waals surface area contributed by atoms with E-state index in [0.717, 1.165) is 38.2 Å². The molecule has 1 aliphatic rings. The summed E-state index contributed by atoms with van der Waals surface area (Å²) in [6.07, 6.45) is 1.83. The fourth-order valence-electron chi connectivity index (χ4n) is 3.51. The number of ether oxygens (including phenoxy) is 2. The average molecular weight is 417 g/mol. The molecular formula is C23H29ClN2O3. The Morgan fingerprint density at radius 2 is 1.79 bits per heavy atom. The summed E-state index contributed by atoms with van der Waals surface area (Å²) in [5.41, 5.74) is 0.234. The molecule has 6 heteroatoms. The van der Waals surface area contributed by atoms with Crippen molar-refractivity contribution in [3.05, 3.63) is 59.1 Å². The number of methoxy groups -OCH3 is 1. The van der Waals surface area contributed by atoms with E-state index in [4.69, 9.17) is 21.1 Å². The van der Waals surface area contributed by atoms with Crippen molar-refractivity contribution >= 4 is 17.5 Å². The second-order valence-corrected chi connectivity index (χ2v) is 8.34. The molecule has 1 amide bonds. The fourth-order valence-corrected chi connectivity index (χ4v) is 3.64. The summed E-state index contributed by atoms with van der Waals surface area (Å²) < 4.78 is 11.3. The van der Waals surface area contributed by atoms with Crippen molar-refractivity contribution in [2.45, 2.75) is 44.9 Å². The van der Waals surface area contributed by atoms with Crippen LogP contribution in [0.25, 0.3) is 0 Å². The Balaban J connectivity index is 1.49. The van der Waals surface area contributed by atoms with Gasteiger partial charge in [-0.3, -0.25) is 9.69 Å². The van der Waals surface area contributed by atoms with E-state index in [1.54, 1.807) is 45.2 Å². The van der Waals surface area contributed by atoms with Crippen LogP contribution in [0.2, 0.25) is 5.02 Å². The Hall–Kier alpha value is -2.24. The summed E-state index contributed by atoms with van der Waals surface area (Å²) in [7, 11) is 1.70. The standard InChI is InChI=1S/C23H29ClN2O3/c1-23(2,29-20-10-8-18(24)9-11-20)22(27)25-19-12-14-26(15-13-19)16-17-6-4-5-7-21(17)28-3/h4-11,19H,12-16H2,1-3H3,(H,25,27). The lowest BCUT2D eigenvalue weighted by molar-refractivity contribution is -0.135. The maximum atomic E-state index is 12.8. The molecule has 5 nitrogen and oxygen atoms in total. The molecule has 1 N–H and O–H groups in total. The third-order valence-electron chi connectivity index (χ3n) is 5.24. The lowest BCUT2D eigenvalue weighted by Crippen LogP contribution is -2.52. The van der Waals surface area contributed by atoms with E-state index >= 15 is 0 Å².